The molecule has 0 saturated carbocycles. The average Bonchev–Trinajstić information content (AvgIpc) is 2.46. The highest BCUT2D eigenvalue weighted by Gasteiger charge is 2.21. The number of likely N-dealkylation sites (N-methyl/N-ethyl adjacent to an activating group) is 1. The van der Waals surface area contributed by atoms with Crippen molar-refractivity contribution in [3.8, 4) is 0 Å². The Bertz CT molecular complexity index is 498. The zero-order valence-corrected chi connectivity index (χ0v) is 10.9. The van der Waals surface area contributed by atoms with E-state index in [0.29, 0.717) is 6.54 Å². The molecule has 2 rings (SSSR count). The van der Waals surface area contributed by atoms with Crippen molar-refractivity contribution >= 4 is 0 Å². The fourth-order valence-electron chi connectivity index (χ4n) is 2.22. The van der Waals surface area contributed by atoms with Crippen LogP contribution in [0.1, 0.15) is 23.1 Å². The van der Waals surface area contributed by atoms with Crippen molar-refractivity contribution < 1.29 is 9.50 Å². The quantitative estimate of drug-likeness (QED) is 0.865. The molecule has 0 radical (unpaired) electrons. The van der Waals surface area contributed by atoms with E-state index in [1.807, 2.05) is 37.4 Å². The number of aliphatic hydroxyl groups is 1. The third-order valence-corrected chi connectivity index (χ3v) is 3.24. The summed E-state index contributed by atoms with van der Waals surface area (Å²) >= 11 is 0. The van der Waals surface area contributed by atoms with Crippen LogP contribution in [0.3, 0.4) is 0 Å². The molecule has 19 heavy (non-hydrogen) atoms. The molecule has 2 aromatic rings. The second-order valence-corrected chi connectivity index (χ2v) is 4.57. The highest BCUT2D eigenvalue weighted by molar-refractivity contribution is 5.27. The molecular formula is C16H18FNO. The lowest BCUT2D eigenvalue weighted by atomic mass is 9.89. The van der Waals surface area contributed by atoms with Gasteiger partial charge >= 0.3 is 0 Å². The minimum atomic E-state index is -0.657. The molecule has 100 valence electrons. The molecule has 0 amide bonds. The molecule has 3 heteroatoms. The summed E-state index contributed by atoms with van der Waals surface area (Å²) in [5.74, 6) is -0.350. The van der Waals surface area contributed by atoms with Crippen LogP contribution in [0.2, 0.25) is 0 Å². The number of hydrogen-bond acceptors (Lipinski definition) is 2. The van der Waals surface area contributed by atoms with E-state index in [1.165, 1.54) is 12.1 Å². The summed E-state index contributed by atoms with van der Waals surface area (Å²) in [5.41, 5.74) is 1.79. The van der Waals surface area contributed by atoms with Gasteiger partial charge in [-0.25, -0.2) is 4.39 Å². The maximum absolute atomic E-state index is 12.9. The van der Waals surface area contributed by atoms with Gasteiger partial charge in [0.15, 0.2) is 0 Å². The van der Waals surface area contributed by atoms with Crippen molar-refractivity contribution in [2.75, 3.05) is 13.6 Å². The highest BCUT2D eigenvalue weighted by Crippen LogP contribution is 2.30. The normalized spacial score (nSPS) is 14.1. The number of nitrogens with one attached hydrogen (secondary N) is 1. The van der Waals surface area contributed by atoms with Crippen molar-refractivity contribution in [2.24, 2.45) is 0 Å². The molecule has 2 N–H and O–H groups in total. The van der Waals surface area contributed by atoms with Gasteiger partial charge in [0.1, 0.15) is 5.82 Å². The first-order valence-electron chi connectivity index (χ1n) is 6.35. The van der Waals surface area contributed by atoms with Gasteiger partial charge in [0.2, 0.25) is 0 Å². The van der Waals surface area contributed by atoms with Gasteiger partial charge in [-0.3, -0.25) is 0 Å². The Balaban J connectivity index is 2.26. The van der Waals surface area contributed by atoms with E-state index in [-0.39, 0.29) is 11.7 Å². The fourth-order valence-corrected chi connectivity index (χ4v) is 2.22. The zero-order valence-electron chi connectivity index (χ0n) is 10.9. The molecule has 0 spiro atoms. The number of rotatable bonds is 5. The summed E-state index contributed by atoms with van der Waals surface area (Å²) in [6.45, 7) is 0.655. The predicted octanol–water partition coefficient (Wildman–Crippen LogP) is 2.86. The Morgan fingerprint density at radius 2 is 1.63 bits per heavy atom. The first-order chi connectivity index (χ1) is 9.22. The Kier molecular flexibility index (Phi) is 4.66. The number of aliphatic hydroxyl groups excluding tert-OH is 1. The average molecular weight is 259 g/mol. The molecule has 0 saturated heterocycles. The second-order valence-electron chi connectivity index (χ2n) is 4.57. The van der Waals surface area contributed by atoms with E-state index in [2.05, 4.69) is 5.32 Å². The largest absolute Gasteiger partial charge is 0.388 e. The number of halogens is 1. The van der Waals surface area contributed by atoms with Gasteiger partial charge in [-0.1, -0.05) is 42.5 Å². The van der Waals surface area contributed by atoms with Gasteiger partial charge in [0, 0.05) is 12.5 Å². The Morgan fingerprint density at radius 3 is 2.21 bits per heavy atom. The zero-order chi connectivity index (χ0) is 13.7. The van der Waals surface area contributed by atoms with E-state index >= 15 is 0 Å². The van der Waals surface area contributed by atoms with Crippen LogP contribution in [0, 0.1) is 5.82 Å². The van der Waals surface area contributed by atoms with Crippen LogP contribution in [0.5, 0.6) is 0 Å². The first kappa shape index (κ1) is 13.7. The first-order valence-corrected chi connectivity index (χ1v) is 6.35. The van der Waals surface area contributed by atoms with Crippen molar-refractivity contribution in [1.82, 2.24) is 5.32 Å². The van der Waals surface area contributed by atoms with Crippen LogP contribution in [0.15, 0.2) is 54.6 Å². The molecule has 0 aliphatic rings. The van der Waals surface area contributed by atoms with Crippen LogP contribution < -0.4 is 5.32 Å². The van der Waals surface area contributed by atoms with Gasteiger partial charge in [0.25, 0.3) is 0 Å². The van der Waals surface area contributed by atoms with Crippen molar-refractivity contribution in [1.29, 1.82) is 0 Å². The lowest BCUT2D eigenvalue weighted by molar-refractivity contribution is 0.144. The minimum absolute atomic E-state index is 0.0586. The summed E-state index contributed by atoms with van der Waals surface area (Å²) in [7, 11) is 1.85. The van der Waals surface area contributed by atoms with E-state index in [0.717, 1.165) is 11.1 Å². The molecule has 0 heterocycles. The Labute approximate surface area is 112 Å². The smallest absolute Gasteiger partial charge is 0.123 e. The maximum Gasteiger partial charge on any atom is 0.123 e. The second kappa shape index (κ2) is 6.45. The molecule has 2 atom stereocenters. The number of benzene rings is 2. The SMILES string of the molecule is CNC[C@H](c1ccccc1)[C@@H](O)c1ccc(F)cc1. The van der Waals surface area contributed by atoms with Crippen LogP contribution in [-0.4, -0.2) is 18.7 Å². The molecule has 0 aromatic heterocycles. The summed E-state index contributed by atoms with van der Waals surface area (Å²) in [5, 5.41) is 13.6. The lowest BCUT2D eigenvalue weighted by Gasteiger charge is -2.23. The summed E-state index contributed by atoms with van der Waals surface area (Å²) in [6, 6.07) is 15.9. The molecule has 0 bridgehead atoms. The highest BCUT2D eigenvalue weighted by atomic mass is 19.1. The Hall–Kier alpha value is -1.71. The third kappa shape index (κ3) is 3.40. The summed E-state index contributed by atoms with van der Waals surface area (Å²) in [4.78, 5) is 0. The van der Waals surface area contributed by atoms with Crippen molar-refractivity contribution in [3.63, 3.8) is 0 Å². The van der Waals surface area contributed by atoms with Gasteiger partial charge in [0.05, 0.1) is 6.10 Å². The van der Waals surface area contributed by atoms with Crippen molar-refractivity contribution in [3.05, 3.63) is 71.5 Å². The molecular weight excluding hydrogens is 241 g/mol. The molecule has 0 unspecified atom stereocenters. The third-order valence-electron chi connectivity index (χ3n) is 3.24. The monoisotopic (exact) mass is 259 g/mol. The number of hydrogen-bond donors (Lipinski definition) is 2. The van der Waals surface area contributed by atoms with Gasteiger partial charge in [-0.05, 0) is 30.3 Å². The van der Waals surface area contributed by atoms with Gasteiger partial charge in [-0.2, -0.15) is 0 Å². The molecule has 0 fully saturated rings. The lowest BCUT2D eigenvalue weighted by Crippen LogP contribution is -2.23. The van der Waals surface area contributed by atoms with E-state index in [1.54, 1.807) is 12.1 Å². The van der Waals surface area contributed by atoms with Crippen molar-refractivity contribution in [2.45, 2.75) is 12.0 Å². The fraction of sp³-hybridized carbons (Fsp3) is 0.250. The summed E-state index contributed by atoms with van der Waals surface area (Å²) < 4.78 is 12.9. The summed E-state index contributed by atoms with van der Waals surface area (Å²) in [6.07, 6.45) is -0.657. The standard InChI is InChI=1S/C16H18FNO/c1-18-11-15(12-5-3-2-4-6-12)16(19)13-7-9-14(17)10-8-13/h2-10,15-16,18-19H,11H2,1H3/t15-,16+/m1/s1. The molecule has 0 aliphatic heterocycles. The van der Waals surface area contributed by atoms with Crippen LogP contribution >= 0.6 is 0 Å². The van der Waals surface area contributed by atoms with Crippen LogP contribution in [0.4, 0.5) is 4.39 Å². The van der Waals surface area contributed by atoms with Gasteiger partial charge in [-0.15, -0.1) is 0 Å². The van der Waals surface area contributed by atoms with E-state index in [9.17, 15) is 9.50 Å². The molecule has 2 aromatic carbocycles. The van der Waals surface area contributed by atoms with E-state index in [4.69, 9.17) is 0 Å². The molecule has 0 aliphatic carbocycles. The predicted molar refractivity (Wildman–Crippen MR) is 74.5 cm³/mol. The van der Waals surface area contributed by atoms with Crippen LogP contribution in [-0.2, 0) is 0 Å². The maximum atomic E-state index is 12.9. The minimum Gasteiger partial charge on any atom is -0.388 e. The Morgan fingerprint density at radius 1 is 1.00 bits per heavy atom. The molecule has 2 nitrogen and oxygen atoms in total. The van der Waals surface area contributed by atoms with Crippen LogP contribution in [0.25, 0.3) is 0 Å². The topological polar surface area (TPSA) is 32.3 Å². The van der Waals surface area contributed by atoms with Gasteiger partial charge < -0.3 is 10.4 Å². The van der Waals surface area contributed by atoms with E-state index < -0.39 is 6.10 Å².